The molecule has 7 nitrogen and oxygen atoms in total. The second-order valence-corrected chi connectivity index (χ2v) is 8.83. The van der Waals surface area contributed by atoms with Gasteiger partial charge in [0.25, 0.3) is 0 Å². The van der Waals surface area contributed by atoms with Gasteiger partial charge < -0.3 is 19.4 Å². The molecule has 3 aromatic rings. The van der Waals surface area contributed by atoms with E-state index in [4.69, 9.17) is 14.7 Å². The highest BCUT2D eigenvalue weighted by Gasteiger charge is 2.17. The number of fused-ring (bicyclic) bond motifs is 1. The van der Waals surface area contributed by atoms with Gasteiger partial charge in [0.1, 0.15) is 13.2 Å². The summed E-state index contributed by atoms with van der Waals surface area (Å²) in [5.74, 6) is -0.290. The molecule has 1 N–H and O–H groups in total. The number of benzene rings is 2. The van der Waals surface area contributed by atoms with Gasteiger partial charge in [0.05, 0.1) is 18.2 Å². The number of nitrogens with one attached hydrogen (secondary N) is 1. The number of ether oxygens (including phenoxy) is 2. The van der Waals surface area contributed by atoms with Crippen molar-refractivity contribution >= 4 is 28.5 Å². The fourth-order valence-corrected chi connectivity index (χ4v) is 4.41. The van der Waals surface area contributed by atoms with E-state index >= 15 is 0 Å². The summed E-state index contributed by atoms with van der Waals surface area (Å²) < 4.78 is 12.6. The fraction of sp³-hybridized carbons (Fsp3) is 0.370. The molecule has 1 amide bonds. The quantitative estimate of drug-likeness (QED) is 0.481. The van der Waals surface area contributed by atoms with Crippen molar-refractivity contribution in [1.29, 1.82) is 5.26 Å². The van der Waals surface area contributed by atoms with Crippen LogP contribution in [0.2, 0.25) is 0 Å². The van der Waals surface area contributed by atoms with Gasteiger partial charge in [0, 0.05) is 35.8 Å². The van der Waals surface area contributed by atoms with Crippen molar-refractivity contribution in [2.75, 3.05) is 25.1 Å². The average molecular weight is 460 g/mol. The number of anilines is 1. The molecule has 34 heavy (non-hydrogen) atoms. The zero-order valence-electron chi connectivity index (χ0n) is 19.4. The zero-order chi connectivity index (χ0) is 23.9. The third-order valence-electron chi connectivity index (χ3n) is 6.30. The Bertz CT molecular complexity index is 1200. The maximum Gasteiger partial charge on any atom is 0.332 e. The van der Waals surface area contributed by atoms with Gasteiger partial charge in [0.15, 0.2) is 0 Å². The Morgan fingerprint density at radius 1 is 1.09 bits per heavy atom. The highest BCUT2D eigenvalue weighted by molar-refractivity contribution is 5.95. The van der Waals surface area contributed by atoms with Gasteiger partial charge in [-0.1, -0.05) is 25.0 Å². The van der Waals surface area contributed by atoms with Crippen LogP contribution in [0.25, 0.3) is 10.9 Å². The summed E-state index contributed by atoms with van der Waals surface area (Å²) in [4.78, 5) is 24.0. The van der Waals surface area contributed by atoms with Gasteiger partial charge in [-0.3, -0.25) is 4.79 Å². The Hall–Kier alpha value is -3.63. The molecule has 0 radical (unpaired) electrons. The molecule has 4 rings (SSSR count). The van der Waals surface area contributed by atoms with Crippen LogP contribution in [0.15, 0.2) is 48.5 Å². The van der Waals surface area contributed by atoms with Crippen LogP contribution in [0.4, 0.5) is 5.69 Å². The molecule has 1 aromatic heterocycles. The number of carbonyl (C=O) groups is 2. The first kappa shape index (κ1) is 23.5. The van der Waals surface area contributed by atoms with E-state index in [-0.39, 0.29) is 19.1 Å². The van der Waals surface area contributed by atoms with Crippen molar-refractivity contribution in [3.05, 3.63) is 65.4 Å². The van der Waals surface area contributed by atoms with Crippen molar-refractivity contribution in [3.8, 4) is 6.07 Å². The first-order valence-corrected chi connectivity index (χ1v) is 11.6. The Morgan fingerprint density at radius 2 is 1.85 bits per heavy atom. The molecule has 0 saturated heterocycles. The fourth-order valence-electron chi connectivity index (χ4n) is 4.41. The molecule has 0 spiro atoms. The summed E-state index contributed by atoms with van der Waals surface area (Å²) in [6.07, 6.45) is 5.36. The van der Waals surface area contributed by atoms with E-state index in [2.05, 4.69) is 22.0 Å². The standard InChI is InChI=1S/C27H29N3O4/c1-30-24(12-19-6-8-20(15-28)9-7-19)14-22-13-23(10-11-25(22)30)29-26(31)17-33-18-27(32)34-16-21-4-2-3-5-21/h6-11,13-14,21H,2-5,12,16-18H2,1H3,(H,29,31). The summed E-state index contributed by atoms with van der Waals surface area (Å²) in [6.45, 7) is 0.00447. The number of amides is 1. The monoisotopic (exact) mass is 459 g/mol. The van der Waals surface area contributed by atoms with Crippen molar-refractivity contribution in [3.63, 3.8) is 0 Å². The van der Waals surface area contributed by atoms with Crippen LogP contribution in [0, 0.1) is 17.2 Å². The Morgan fingerprint density at radius 3 is 2.59 bits per heavy atom. The highest BCUT2D eigenvalue weighted by Crippen LogP contribution is 2.25. The largest absolute Gasteiger partial charge is 0.464 e. The predicted octanol–water partition coefficient (Wildman–Crippen LogP) is 4.33. The van der Waals surface area contributed by atoms with Gasteiger partial charge in [0.2, 0.25) is 5.91 Å². The van der Waals surface area contributed by atoms with E-state index < -0.39 is 5.97 Å². The third-order valence-corrected chi connectivity index (χ3v) is 6.30. The molecule has 0 unspecified atom stereocenters. The lowest BCUT2D eigenvalue weighted by Gasteiger charge is -2.10. The molecule has 176 valence electrons. The molecule has 1 fully saturated rings. The minimum atomic E-state index is -0.430. The highest BCUT2D eigenvalue weighted by atomic mass is 16.6. The lowest BCUT2D eigenvalue weighted by molar-refractivity contribution is -0.150. The number of rotatable bonds is 9. The normalized spacial score (nSPS) is 13.6. The van der Waals surface area contributed by atoms with Gasteiger partial charge in [-0.25, -0.2) is 4.79 Å². The summed E-state index contributed by atoms with van der Waals surface area (Å²) >= 11 is 0. The van der Waals surface area contributed by atoms with Crippen molar-refractivity contribution in [2.45, 2.75) is 32.1 Å². The van der Waals surface area contributed by atoms with E-state index in [0.717, 1.165) is 41.4 Å². The van der Waals surface area contributed by atoms with Gasteiger partial charge in [-0.15, -0.1) is 0 Å². The SMILES string of the molecule is Cn1c(Cc2ccc(C#N)cc2)cc2cc(NC(=O)COCC(=O)OCC3CCCC3)ccc21. The van der Waals surface area contributed by atoms with Crippen LogP contribution in [-0.4, -0.2) is 36.3 Å². The van der Waals surface area contributed by atoms with Gasteiger partial charge >= 0.3 is 5.97 Å². The Balaban J connectivity index is 1.28. The van der Waals surface area contributed by atoms with Gasteiger partial charge in [-0.05, 0) is 60.7 Å². The second kappa shape index (κ2) is 11.0. The molecule has 2 aromatic carbocycles. The minimum absolute atomic E-state index is 0.213. The summed E-state index contributed by atoms with van der Waals surface area (Å²) in [7, 11) is 2.01. The third kappa shape index (κ3) is 6.03. The Labute approximate surface area is 199 Å². The summed E-state index contributed by atoms with van der Waals surface area (Å²) in [5.41, 5.74) is 4.62. The van der Waals surface area contributed by atoms with Crippen LogP contribution >= 0.6 is 0 Å². The molecule has 1 aliphatic carbocycles. The zero-order valence-corrected chi connectivity index (χ0v) is 19.4. The van der Waals surface area contributed by atoms with E-state index in [1.54, 1.807) is 0 Å². The smallest absolute Gasteiger partial charge is 0.332 e. The number of aryl methyl sites for hydroxylation is 1. The van der Waals surface area contributed by atoms with Crippen LogP contribution < -0.4 is 5.32 Å². The van der Waals surface area contributed by atoms with Crippen LogP contribution in [-0.2, 0) is 32.5 Å². The van der Waals surface area contributed by atoms with Crippen molar-refractivity contribution < 1.29 is 19.1 Å². The molecular weight excluding hydrogens is 430 g/mol. The molecule has 0 atom stereocenters. The summed E-state index contributed by atoms with van der Waals surface area (Å²) in [6, 6.07) is 17.5. The number of esters is 1. The first-order valence-electron chi connectivity index (χ1n) is 11.6. The van der Waals surface area contributed by atoms with Gasteiger partial charge in [-0.2, -0.15) is 5.26 Å². The number of aromatic nitrogens is 1. The van der Waals surface area contributed by atoms with E-state index in [1.807, 2.05) is 49.5 Å². The molecule has 1 heterocycles. The topological polar surface area (TPSA) is 93.4 Å². The second-order valence-electron chi connectivity index (χ2n) is 8.83. The minimum Gasteiger partial charge on any atom is -0.464 e. The van der Waals surface area contributed by atoms with E-state index in [1.165, 1.54) is 12.8 Å². The number of hydrogen-bond acceptors (Lipinski definition) is 5. The maximum absolute atomic E-state index is 12.2. The van der Waals surface area contributed by atoms with Crippen LogP contribution in [0.3, 0.4) is 0 Å². The molecule has 1 aliphatic rings. The number of hydrogen-bond donors (Lipinski definition) is 1. The van der Waals surface area contributed by atoms with Crippen molar-refractivity contribution in [2.24, 2.45) is 13.0 Å². The maximum atomic E-state index is 12.2. The first-order chi connectivity index (χ1) is 16.5. The van der Waals surface area contributed by atoms with E-state index in [0.29, 0.717) is 23.8 Å². The van der Waals surface area contributed by atoms with Crippen LogP contribution in [0.5, 0.6) is 0 Å². The van der Waals surface area contributed by atoms with E-state index in [9.17, 15) is 9.59 Å². The lowest BCUT2D eigenvalue weighted by Crippen LogP contribution is -2.22. The Kier molecular flexibility index (Phi) is 7.61. The lowest BCUT2D eigenvalue weighted by atomic mass is 10.1. The number of carbonyl (C=O) groups excluding carboxylic acids is 2. The number of nitrogens with zero attached hydrogens (tertiary/aromatic N) is 2. The average Bonchev–Trinajstić information content (AvgIpc) is 3.46. The predicted molar refractivity (Wildman–Crippen MR) is 129 cm³/mol. The molecule has 0 bridgehead atoms. The molecular formula is C27H29N3O4. The van der Waals surface area contributed by atoms with Crippen LogP contribution in [0.1, 0.15) is 42.5 Å². The summed E-state index contributed by atoms with van der Waals surface area (Å²) in [5, 5.41) is 12.8. The molecule has 0 aliphatic heterocycles. The molecule has 7 heteroatoms. The van der Waals surface area contributed by atoms with Crippen molar-refractivity contribution in [1.82, 2.24) is 4.57 Å². The number of nitriles is 1. The molecule has 1 saturated carbocycles.